The second-order valence-electron chi connectivity index (χ2n) is 4.27. The molecular weight excluding hydrogens is 240 g/mol. The minimum absolute atomic E-state index is 0.0661. The molecule has 1 heterocycles. The van der Waals surface area contributed by atoms with Crippen molar-refractivity contribution in [1.29, 1.82) is 0 Å². The van der Waals surface area contributed by atoms with Gasteiger partial charge in [-0.05, 0) is 25.1 Å². The second kappa shape index (κ2) is 5.39. The predicted molar refractivity (Wildman–Crippen MR) is 76.0 cm³/mol. The van der Waals surface area contributed by atoms with Crippen molar-refractivity contribution in [3.63, 3.8) is 0 Å². The fourth-order valence-electron chi connectivity index (χ4n) is 1.83. The van der Waals surface area contributed by atoms with Crippen LogP contribution < -0.4 is 10.6 Å². The Labute approximate surface area is 112 Å². The number of hydrogen-bond donors (Lipinski definition) is 2. The van der Waals surface area contributed by atoms with E-state index in [1.807, 2.05) is 43.1 Å². The number of hydrogen-bond acceptors (Lipinski definition) is 4. The number of amidine groups is 1. The van der Waals surface area contributed by atoms with Gasteiger partial charge < -0.3 is 15.8 Å². The lowest BCUT2D eigenvalue weighted by atomic mass is 10.1. The molecule has 0 saturated heterocycles. The zero-order valence-electron chi connectivity index (χ0n) is 10.9. The van der Waals surface area contributed by atoms with E-state index in [-0.39, 0.29) is 5.84 Å². The summed E-state index contributed by atoms with van der Waals surface area (Å²) >= 11 is 0. The molecule has 0 amide bonds. The summed E-state index contributed by atoms with van der Waals surface area (Å²) in [6.45, 7) is 2.04. The van der Waals surface area contributed by atoms with Crippen molar-refractivity contribution in [1.82, 2.24) is 4.98 Å². The maximum absolute atomic E-state index is 8.83. The van der Waals surface area contributed by atoms with E-state index in [0.29, 0.717) is 5.56 Å². The van der Waals surface area contributed by atoms with Crippen molar-refractivity contribution >= 4 is 17.2 Å². The summed E-state index contributed by atoms with van der Waals surface area (Å²) in [6, 6.07) is 9.81. The molecule has 2 aromatic rings. The summed E-state index contributed by atoms with van der Waals surface area (Å²) in [5.74, 6) is 0.0661. The molecule has 0 bridgehead atoms. The number of oxime groups is 1. The molecule has 0 radical (unpaired) electrons. The van der Waals surface area contributed by atoms with Gasteiger partial charge in [-0.25, -0.2) is 0 Å². The Morgan fingerprint density at radius 1 is 1.26 bits per heavy atom. The minimum atomic E-state index is 0.0661. The van der Waals surface area contributed by atoms with Gasteiger partial charge in [0, 0.05) is 24.5 Å². The van der Waals surface area contributed by atoms with Crippen molar-refractivity contribution in [3.8, 4) is 0 Å². The molecule has 98 valence electrons. The third kappa shape index (κ3) is 2.65. The third-order valence-electron chi connectivity index (χ3n) is 2.97. The van der Waals surface area contributed by atoms with Crippen LogP contribution in [-0.2, 0) is 0 Å². The molecule has 0 spiro atoms. The Bertz CT molecular complexity index is 593. The lowest BCUT2D eigenvalue weighted by Gasteiger charge is -2.21. The zero-order chi connectivity index (χ0) is 13.8. The van der Waals surface area contributed by atoms with E-state index in [1.54, 1.807) is 18.5 Å². The fourth-order valence-corrected chi connectivity index (χ4v) is 1.83. The Morgan fingerprint density at radius 3 is 2.58 bits per heavy atom. The molecule has 0 fully saturated rings. The number of benzene rings is 1. The Hall–Kier alpha value is -2.56. The highest BCUT2D eigenvalue weighted by Crippen LogP contribution is 2.26. The zero-order valence-corrected chi connectivity index (χ0v) is 10.9. The molecule has 1 aromatic heterocycles. The van der Waals surface area contributed by atoms with Crippen LogP contribution in [0.5, 0.6) is 0 Å². The average molecular weight is 256 g/mol. The molecule has 19 heavy (non-hydrogen) atoms. The van der Waals surface area contributed by atoms with Gasteiger partial charge in [-0.3, -0.25) is 4.98 Å². The topological polar surface area (TPSA) is 74.7 Å². The van der Waals surface area contributed by atoms with Crippen LogP contribution in [0.4, 0.5) is 11.4 Å². The number of nitrogens with two attached hydrogens (primary N) is 1. The number of anilines is 2. The molecule has 5 heteroatoms. The molecule has 1 aromatic carbocycles. The van der Waals surface area contributed by atoms with Crippen molar-refractivity contribution in [3.05, 3.63) is 53.9 Å². The largest absolute Gasteiger partial charge is 0.409 e. The fraction of sp³-hybridized carbons (Fsp3) is 0.143. The van der Waals surface area contributed by atoms with Crippen LogP contribution in [0.1, 0.15) is 11.1 Å². The van der Waals surface area contributed by atoms with E-state index in [1.165, 1.54) is 5.56 Å². The summed E-state index contributed by atoms with van der Waals surface area (Å²) in [6.07, 6.45) is 3.30. The highest BCUT2D eigenvalue weighted by atomic mass is 16.4. The average Bonchev–Trinajstić information content (AvgIpc) is 2.46. The van der Waals surface area contributed by atoms with Gasteiger partial charge in [-0.1, -0.05) is 22.9 Å². The highest BCUT2D eigenvalue weighted by Gasteiger charge is 2.12. The molecule has 2 rings (SSSR count). The van der Waals surface area contributed by atoms with Crippen LogP contribution in [-0.4, -0.2) is 23.1 Å². The molecule has 0 atom stereocenters. The van der Waals surface area contributed by atoms with Gasteiger partial charge >= 0.3 is 0 Å². The van der Waals surface area contributed by atoms with Gasteiger partial charge in [-0.2, -0.15) is 0 Å². The Morgan fingerprint density at radius 2 is 1.95 bits per heavy atom. The standard InChI is InChI=1S/C14H16N4O/c1-10-3-5-11(6-4-10)18(2)13-9-16-8-7-12(13)14(15)17-19/h3-9,19H,1-2H3,(H2,15,17). The highest BCUT2D eigenvalue weighted by molar-refractivity contribution is 6.02. The van der Waals surface area contributed by atoms with E-state index >= 15 is 0 Å². The van der Waals surface area contributed by atoms with Crippen LogP contribution in [0.25, 0.3) is 0 Å². The normalized spacial score (nSPS) is 11.4. The van der Waals surface area contributed by atoms with E-state index < -0.39 is 0 Å². The quantitative estimate of drug-likeness (QED) is 0.382. The van der Waals surface area contributed by atoms with E-state index in [9.17, 15) is 0 Å². The monoisotopic (exact) mass is 256 g/mol. The summed E-state index contributed by atoms with van der Waals surface area (Å²) in [7, 11) is 1.91. The number of aromatic nitrogens is 1. The minimum Gasteiger partial charge on any atom is -0.409 e. The van der Waals surface area contributed by atoms with Gasteiger partial charge in [0.05, 0.1) is 11.9 Å². The smallest absolute Gasteiger partial charge is 0.172 e. The molecule has 3 N–H and O–H groups in total. The number of rotatable bonds is 3. The Kier molecular flexibility index (Phi) is 3.66. The van der Waals surface area contributed by atoms with Gasteiger partial charge in [0.1, 0.15) is 0 Å². The number of aryl methyl sites for hydroxylation is 1. The first-order valence-corrected chi connectivity index (χ1v) is 5.86. The molecule has 0 saturated carbocycles. The van der Waals surface area contributed by atoms with Crippen LogP contribution in [0, 0.1) is 6.92 Å². The maximum atomic E-state index is 8.83. The first-order valence-electron chi connectivity index (χ1n) is 5.86. The maximum Gasteiger partial charge on any atom is 0.172 e. The molecule has 0 unspecified atom stereocenters. The van der Waals surface area contributed by atoms with Gasteiger partial charge in [0.15, 0.2) is 5.84 Å². The van der Waals surface area contributed by atoms with Gasteiger partial charge in [0.2, 0.25) is 0 Å². The first-order chi connectivity index (χ1) is 9.13. The Balaban J connectivity index is 2.44. The summed E-state index contributed by atoms with van der Waals surface area (Å²) in [4.78, 5) is 6.04. The predicted octanol–water partition coefficient (Wildman–Crippen LogP) is 2.25. The summed E-state index contributed by atoms with van der Waals surface area (Å²) in [5, 5.41) is 11.9. The number of nitrogens with zero attached hydrogens (tertiary/aromatic N) is 3. The molecule has 0 aliphatic heterocycles. The van der Waals surface area contributed by atoms with Crippen molar-refractivity contribution in [2.45, 2.75) is 6.92 Å². The SMILES string of the molecule is Cc1ccc(N(C)c2cnccc2/C(N)=N/O)cc1. The van der Waals surface area contributed by atoms with Crippen molar-refractivity contribution < 1.29 is 5.21 Å². The lowest BCUT2D eigenvalue weighted by molar-refractivity contribution is 0.318. The van der Waals surface area contributed by atoms with Gasteiger partial charge in [-0.15, -0.1) is 0 Å². The lowest BCUT2D eigenvalue weighted by Crippen LogP contribution is -2.19. The van der Waals surface area contributed by atoms with Crippen LogP contribution in [0.2, 0.25) is 0 Å². The first kappa shape index (κ1) is 12.9. The van der Waals surface area contributed by atoms with Crippen LogP contribution >= 0.6 is 0 Å². The summed E-state index contributed by atoms with van der Waals surface area (Å²) < 4.78 is 0. The third-order valence-corrected chi connectivity index (χ3v) is 2.97. The van der Waals surface area contributed by atoms with Crippen LogP contribution in [0.3, 0.4) is 0 Å². The number of pyridine rings is 1. The van der Waals surface area contributed by atoms with Crippen molar-refractivity contribution in [2.75, 3.05) is 11.9 Å². The van der Waals surface area contributed by atoms with E-state index in [4.69, 9.17) is 10.9 Å². The molecule has 5 nitrogen and oxygen atoms in total. The molecule has 0 aliphatic rings. The van der Waals surface area contributed by atoms with E-state index in [0.717, 1.165) is 11.4 Å². The molecular formula is C14H16N4O. The second-order valence-corrected chi connectivity index (χ2v) is 4.27. The van der Waals surface area contributed by atoms with Crippen LogP contribution in [0.15, 0.2) is 47.9 Å². The van der Waals surface area contributed by atoms with Gasteiger partial charge in [0.25, 0.3) is 0 Å². The van der Waals surface area contributed by atoms with E-state index in [2.05, 4.69) is 10.1 Å². The van der Waals surface area contributed by atoms with Crippen molar-refractivity contribution in [2.24, 2.45) is 10.9 Å². The summed E-state index contributed by atoms with van der Waals surface area (Å²) in [5.41, 5.74) is 9.30. The molecule has 0 aliphatic carbocycles.